The number of carbonyl (C=O) groups excluding carboxylic acids is 1. The molecule has 0 bridgehead atoms. The maximum atomic E-state index is 12.5. The summed E-state index contributed by atoms with van der Waals surface area (Å²) in [7, 11) is 1.69. The van der Waals surface area contributed by atoms with Crippen molar-refractivity contribution < 1.29 is 9.53 Å². The highest BCUT2D eigenvalue weighted by molar-refractivity contribution is 5.83. The third-order valence-corrected chi connectivity index (χ3v) is 4.36. The lowest BCUT2D eigenvalue weighted by Crippen LogP contribution is -2.50. The second-order valence-corrected chi connectivity index (χ2v) is 5.83. The van der Waals surface area contributed by atoms with E-state index in [9.17, 15) is 4.79 Å². The van der Waals surface area contributed by atoms with Crippen LogP contribution in [0.1, 0.15) is 39.0 Å². The molecule has 1 aliphatic carbocycles. The Morgan fingerprint density at radius 2 is 2.17 bits per heavy atom. The van der Waals surface area contributed by atoms with E-state index in [4.69, 9.17) is 4.74 Å². The van der Waals surface area contributed by atoms with Crippen LogP contribution in [0.4, 0.5) is 0 Å². The standard InChI is InChI=1S/C14H26N2O2/c1-3-4-11-9-12(11)16-13(17)14(10-18-2)5-7-15-8-6-14/h11-12,15H,3-10H2,1-2H3,(H,16,17). The molecule has 2 atom stereocenters. The molecule has 2 unspecified atom stereocenters. The van der Waals surface area contributed by atoms with Crippen LogP contribution >= 0.6 is 0 Å². The second kappa shape index (κ2) is 6.02. The Morgan fingerprint density at radius 1 is 1.44 bits per heavy atom. The average Bonchev–Trinajstić information content (AvgIpc) is 3.09. The van der Waals surface area contributed by atoms with Gasteiger partial charge in [0.05, 0.1) is 12.0 Å². The zero-order valence-electron chi connectivity index (χ0n) is 11.6. The molecular formula is C14H26N2O2. The molecule has 0 aromatic rings. The third-order valence-electron chi connectivity index (χ3n) is 4.36. The lowest BCUT2D eigenvalue weighted by molar-refractivity contribution is -0.136. The minimum atomic E-state index is -0.292. The zero-order chi connectivity index (χ0) is 13.0. The van der Waals surface area contributed by atoms with E-state index in [1.165, 1.54) is 19.3 Å². The van der Waals surface area contributed by atoms with E-state index in [1.54, 1.807) is 7.11 Å². The summed E-state index contributed by atoms with van der Waals surface area (Å²) in [5.41, 5.74) is -0.292. The fourth-order valence-corrected chi connectivity index (χ4v) is 3.05. The summed E-state index contributed by atoms with van der Waals surface area (Å²) < 4.78 is 5.29. The number of rotatable bonds is 6. The number of piperidine rings is 1. The van der Waals surface area contributed by atoms with E-state index >= 15 is 0 Å². The van der Waals surface area contributed by atoms with Gasteiger partial charge in [-0.25, -0.2) is 0 Å². The first-order valence-electron chi connectivity index (χ1n) is 7.22. The summed E-state index contributed by atoms with van der Waals surface area (Å²) in [5, 5.41) is 6.55. The molecule has 0 radical (unpaired) electrons. The van der Waals surface area contributed by atoms with Crippen molar-refractivity contribution in [1.29, 1.82) is 0 Å². The molecule has 1 saturated heterocycles. The molecule has 0 spiro atoms. The molecule has 1 amide bonds. The molecule has 0 aromatic carbocycles. The van der Waals surface area contributed by atoms with Crippen molar-refractivity contribution in [2.24, 2.45) is 11.3 Å². The van der Waals surface area contributed by atoms with Gasteiger partial charge in [-0.05, 0) is 44.7 Å². The SMILES string of the molecule is CCCC1CC1NC(=O)C1(COC)CCNCC1. The van der Waals surface area contributed by atoms with Crippen LogP contribution in [0.15, 0.2) is 0 Å². The monoisotopic (exact) mass is 254 g/mol. The Kier molecular flexibility index (Phi) is 4.62. The van der Waals surface area contributed by atoms with Crippen molar-refractivity contribution in [3.8, 4) is 0 Å². The van der Waals surface area contributed by atoms with Gasteiger partial charge in [0.1, 0.15) is 0 Å². The summed E-state index contributed by atoms with van der Waals surface area (Å²) in [4.78, 5) is 12.5. The number of amides is 1. The Morgan fingerprint density at radius 3 is 2.78 bits per heavy atom. The number of hydrogen-bond donors (Lipinski definition) is 2. The van der Waals surface area contributed by atoms with Gasteiger partial charge in [0.25, 0.3) is 0 Å². The van der Waals surface area contributed by atoms with Crippen LogP contribution in [0.3, 0.4) is 0 Å². The topological polar surface area (TPSA) is 50.4 Å². The van der Waals surface area contributed by atoms with Crippen LogP contribution in [0.25, 0.3) is 0 Å². The van der Waals surface area contributed by atoms with E-state index in [-0.39, 0.29) is 11.3 Å². The molecule has 18 heavy (non-hydrogen) atoms. The first-order chi connectivity index (χ1) is 8.72. The molecule has 0 aromatic heterocycles. The van der Waals surface area contributed by atoms with Crippen molar-refractivity contribution in [3.05, 3.63) is 0 Å². The highest BCUT2D eigenvalue weighted by Crippen LogP contribution is 2.37. The fourth-order valence-electron chi connectivity index (χ4n) is 3.05. The van der Waals surface area contributed by atoms with Gasteiger partial charge >= 0.3 is 0 Å². The van der Waals surface area contributed by atoms with Crippen molar-refractivity contribution >= 4 is 5.91 Å². The van der Waals surface area contributed by atoms with Crippen molar-refractivity contribution in [3.63, 3.8) is 0 Å². The molecule has 1 heterocycles. The smallest absolute Gasteiger partial charge is 0.228 e. The first kappa shape index (κ1) is 13.8. The highest BCUT2D eigenvalue weighted by atomic mass is 16.5. The van der Waals surface area contributed by atoms with Crippen molar-refractivity contribution in [2.45, 2.75) is 45.1 Å². The van der Waals surface area contributed by atoms with E-state index in [1.807, 2.05) is 0 Å². The van der Waals surface area contributed by atoms with Crippen LogP contribution < -0.4 is 10.6 Å². The summed E-state index contributed by atoms with van der Waals surface area (Å²) in [5.74, 6) is 0.940. The summed E-state index contributed by atoms with van der Waals surface area (Å²) in [6.07, 6.45) is 5.39. The number of hydrogen-bond acceptors (Lipinski definition) is 3. The largest absolute Gasteiger partial charge is 0.384 e. The maximum Gasteiger partial charge on any atom is 0.228 e. The molecule has 2 aliphatic rings. The normalized spacial score (nSPS) is 29.9. The summed E-state index contributed by atoms with van der Waals surface area (Å²) in [6, 6.07) is 0.432. The maximum absolute atomic E-state index is 12.5. The molecule has 104 valence electrons. The number of nitrogens with one attached hydrogen (secondary N) is 2. The average molecular weight is 254 g/mol. The van der Waals surface area contributed by atoms with E-state index in [2.05, 4.69) is 17.6 Å². The van der Waals surface area contributed by atoms with Crippen LogP contribution in [-0.2, 0) is 9.53 Å². The van der Waals surface area contributed by atoms with Gasteiger partial charge < -0.3 is 15.4 Å². The molecule has 4 nitrogen and oxygen atoms in total. The van der Waals surface area contributed by atoms with Gasteiger partial charge in [-0.15, -0.1) is 0 Å². The second-order valence-electron chi connectivity index (χ2n) is 5.83. The van der Waals surface area contributed by atoms with Gasteiger partial charge in [-0.3, -0.25) is 4.79 Å². The van der Waals surface area contributed by atoms with Crippen LogP contribution in [0.5, 0.6) is 0 Å². The zero-order valence-corrected chi connectivity index (χ0v) is 11.6. The molecule has 1 saturated carbocycles. The third kappa shape index (κ3) is 3.04. The Labute approximate surface area is 110 Å². The van der Waals surface area contributed by atoms with Crippen LogP contribution in [-0.4, -0.2) is 38.8 Å². The fraction of sp³-hybridized carbons (Fsp3) is 0.929. The minimum Gasteiger partial charge on any atom is -0.384 e. The van der Waals surface area contributed by atoms with Crippen molar-refractivity contribution in [1.82, 2.24) is 10.6 Å². The molecule has 2 N–H and O–H groups in total. The number of ether oxygens (including phenoxy) is 1. The van der Waals surface area contributed by atoms with Crippen LogP contribution in [0, 0.1) is 11.3 Å². The summed E-state index contributed by atoms with van der Waals surface area (Å²) in [6.45, 7) is 4.59. The Bertz CT molecular complexity index is 282. The molecule has 4 heteroatoms. The Balaban J connectivity index is 1.88. The number of methoxy groups -OCH3 is 1. The van der Waals surface area contributed by atoms with Crippen LogP contribution in [0.2, 0.25) is 0 Å². The predicted molar refractivity (Wildman–Crippen MR) is 71.4 cm³/mol. The van der Waals surface area contributed by atoms with Gasteiger partial charge in [0.2, 0.25) is 5.91 Å². The minimum absolute atomic E-state index is 0.217. The molecule has 2 fully saturated rings. The number of carbonyl (C=O) groups is 1. The van der Waals surface area contributed by atoms with E-state index in [0.29, 0.717) is 12.6 Å². The van der Waals surface area contributed by atoms with E-state index < -0.39 is 0 Å². The van der Waals surface area contributed by atoms with Gasteiger partial charge in [0.15, 0.2) is 0 Å². The van der Waals surface area contributed by atoms with Crippen molar-refractivity contribution in [2.75, 3.05) is 26.8 Å². The molecule has 1 aliphatic heterocycles. The highest BCUT2D eigenvalue weighted by Gasteiger charge is 2.44. The lowest BCUT2D eigenvalue weighted by Gasteiger charge is -2.35. The quantitative estimate of drug-likeness (QED) is 0.751. The van der Waals surface area contributed by atoms with Gasteiger partial charge in [0, 0.05) is 13.2 Å². The summed E-state index contributed by atoms with van der Waals surface area (Å²) >= 11 is 0. The Hall–Kier alpha value is -0.610. The first-order valence-corrected chi connectivity index (χ1v) is 7.22. The predicted octanol–water partition coefficient (Wildman–Crippen LogP) is 1.31. The lowest BCUT2D eigenvalue weighted by atomic mass is 9.78. The van der Waals surface area contributed by atoms with E-state index in [0.717, 1.165) is 31.8 Å². The van der Waals surface area contributed by atoms with Gasteiger partial charge in [-0.2, -0.15) is 0 Å². The molecule has 2 rings (SSSR count). The molecular weight excluding hydrogens is 228 g/mol. The van der Waals surface area contributed by atoms with Gasteiger partial charge in [-0.1, -0.05) is 13.3 Å².